The fraction of sp³-hybridized carbons (Fsp3) is 0.833. The predicted molar refractivity (Wildman–Crippen MR) is 66.4 cm³/mol. The molecule has 0 aromatic rings. The molecule has 1 aliphatic carbocycles. The second-order valence-corrected chi connectivity index (χ2v) is 4.85. The number of urea groups is 1. The molecule has 0 saturated heterocycles. The number of carbonyl (C=O) groups is 2. The van der Waals surface area contributed by atoms with E-state index in [2.05, 4.69) is 10.6 Å². The van der Waals surface area contributed by atoms with Gasteiger partial charge in [-0.1, -0.05) is 20.3 Å². The highest BCUT2D eigenvalue weighted by atomic mass is 16.5. The second kappa shape index (κ2) is 6.58. The van der Waals surface area contributed by atoms with Gasteiger partial charge in [0.15, 0.2) is 0 Å². The third-order valence-corrected chi connectivity index (χ3v) is 3.53. The van der Waals surface area contributed by atoms with E-state index in [0.717, 1.165) is 12.8 Å². The van der Waals surface area contributed by atoms with Crippen molar-refractivity contribution in [1.82, 2.24) is 10.6 Å². The Morgan fingerprint density at radius 1 is 1.44 bits per heavy atom. The van der Waals surface area contributed by atoms with Crippen molar-refractivity contribution in [2.75, 3.05) is 7.11 Å². The van der Waals surface area contributed by atoms with Crippen LogP contribution in [0.3, 0.4) is 0 Å². The van der Waals surface area contributed by atoms with Gasteiger partial charge in [-0.3, -0.25) is 0 Å². The van der Waals surface area contributed by atoms with Crippen LogP contribution in [0.5, 0.6) is 0 Å². The van der Waals surface area contributed by atoms with Gasteiger partial charge in [-0.2, -0.15) is 0 Å². The first kappa shape index (κ1) is 14.8. The Labute approximate surface area is 107 Å². The van der Waals surface area contributed by atoms with Gasteiger partial charge in [0.25, 0.3) is 0 Å². The summed E-state index contributed by atoms with van der Waals surface area (Å²) in [6, 6.07) is -1.17. The molecule has 104 valence electrons. The Kier molecular flexibility index (Phi) is 5.40. The molecule has 6 nitrogen and oxygen atoms in total. The highest BCUT2D eigenvalue weighted by Gasteiger charge is 2.32. The van der Waals surface area contributed by atoms with Gasteiger partial charge >= 0.3 is 12.0 Å². The number of carbonyl (C=O) groups excluding carboxylic acids is 1. The van der Waals surface area contributed by atoms with Gasteiger partial charge < -0.3 is 20.5 Å². The molecule has 0 radical (unpaired) electrons. The van der Waals surface area contributed by atoms with Crippen LogP contribution in [0.25, 0.3) is 0 Å². The maximum atomic E-state index is 11.7. The van der Waals surface area contributed by atoms with Crippen LogP contribution in [0.15, 0.2) is 0 Å². The van der Waals surface area contributed by atoms with Gasteiger partial charge in [-0.05, 0) is 18.8 Å². The lowest BCUT2D eigenvalue weighted by molar-refractivity contribution is -0.140. The summed E-state index contributed by atoms with van der Waals surface area (Å²) < 4.78 is 5.11. The first-order valence-electron chi connectivity index (χ1n) is 6.30. The van der Waals surface area contributed by atoms with E-state index in [4.69, 9.17) is 9.84 Å². The molecule has 0 aromatic carbocycles. The molecule has 1 aliphatic rings. The van der Waals surface area contributed by atoms with E-state index in [1.54, 1.807) is 7.11 Å². The molecule has 0 bridgehead atoms. The molecular formula is C12H22N2O4. The molecule has 3 N–H and O–H groups in total. The Morgan fingerprint density at radius 3 is 2.50 bits per heavy atom. The lowest BCUT2D eigenvalue weighted by atomic mass is 9.89. The van der Waals surface area contributed by atoms with Crippen LogP contribution in [0.1, 0.15) is 33.1 Å². The minimum absolute atomic E-state index is 0.0846. The van der Waals surface area contributed by atoms with Crippen LogP contribution in [0.4, 0.5) is 4.79 Å². The number of aliphatic carboxylic acids is 1. The quantitative estimate of drug-likeness (QED) is 0.662. The number of hydrogen-bond acceptors (Lipinski definition) is 3. The van der Waals surface area contributed by atoms with Crippen LogP contribution in [0, 0.1) is 5.92 Å². The minimum Gasteiger partial charge on any atom is -0.480 e. The predicted octanol–water partition coefficient (Wildman–Crippen LogP) is 0.962. The molecule has 1 saturated carbocycles. The zero-order chi connectivity index (χ0) is 13.7. The van der Waals surface area contributed by atoms with Crippen LogP contribution < -0.4 is 10.6 Å². The smallest absolute Gasteiger partial charge is 0.326 e. The van der Waals surface area contributed by atoms with Crippen LogP contribution in [0.2, 0.25) is 0 Å². The molecule has 6 heteroatoms. The largest absolute Gasteiger partial charge is 0.480 e. The molecule has 1 unspecified atom stereocenters. The average Bonchev–Trinajstić information content (AvgIpc) is 2.28. The minimum atomic E-state index is -0.997. The van der Waals surface area contributed by atoms with Crippen LogP contribution >= 0.6 is 0 Å². The molecule has 0 heterocycles. The van der Waals surface area contributed by atoms with Crippen LogP contribution in [-0.2, 0) is 9.53 Å². The van der Waals surface area contributed by atoms with E-state index in [-0.39, 0.29) is 18.1 Å². The third-order valence-electron chi connectivity index (χ3n) is 3.53. The van der Waals surface area contributed by atoms with Crippen molar-refractivity contribution in [2.24, 2.45) is 5.92 Å². The summed E-state index contributed by atoms with van der Waals surface area (Å²) in [5.74, 6) is -1.09. The second-order valence-electron chi connectivity index (χ2n) is 4.85. The molecule has 0 aliphatic heterocycles. The summed E-state index contributed by atoms with van der Waals surface area (Å²) in [6.07, 6.45) is 2.47. The fourth-order valence-corrected chi connectivity index (χ4v) is 1.93. The highest BCUT2D eigenvalue weighted by molar-refractivity contribution is 5.82. The highest BCUT2D eigenvalue weighted by Crippen LogP contribution is 2.22. The van der Waals surface area contributed by atoms with Gasteiger partial charge in [-0.25, -0.2) is 9.59 Å². The molecule has 1 fully saturated rings. The zero-order valence-electron chi connectivity index (χ0n) is 11.1. The van der Waals surface area contributed by atoms with Gasteiger partial charge in [0.05, 0.1) is 6.10 Å². The van der Waals surface area contributed by atoms with Gasteiger partial charge in [0, 0.05) is 13.2 Å². The topological polar surface area (TPSA) is 87.7 Å². The maximum Gasteiger partial charge on any atom is 0.326 e. The lowest BCUT2D eigenvalue weighted by Gasteiger charge is -2.35. The van der Waals surface area contributed by atoms with Gasteiger partial charge in [-0.15, -0.1) is 0 Å². The summed E-state index contributed by atoms with van der Waals surface area (Å²) >= 11 is 0. The molecule has 0 aromatic heterocycles. The van der Waals surface area contributed by atoms with Gasteiger partial charge in [0.1, 0.15) is 6.04 Å². The van der Waals surface area contributed by atoms with E-state index in [1.807, 2.05) is 13.8 Å². The summed E-state index contributed by atoms with van der Waals surface area (Å²) in [4.78, 5) is 22.7. The fourth-order valence-electron chi connectivity index (χ4n) is 1.93. The summed E-state index contributed by atoms with van der Waals surface area (Å²) in [7, 11) is 1.64. The number of carboxylic acids is 1. The van der Waals surface area contributed by atoms with E-state index in [1.165, 1.54) is 0 Å². The van der Waals surface area contributed by atoms with Crippen molar-refractivity contribution in [3.8, 4) is 0 Å². The molecular weight excluding hydrogens is 236 g/mol. The van der Waals surface area contributed by atoms with E-state index in [9.17, 15) is 9.59 Å². The number of nitrogens with one attached hydrogen (secondary N) is 2. The molecule has 1 rings (SSSR count). The summed E-state index contributed by atoms with van der Waals surface area (Å²) in [6.45, 7) is 3.71. The normalized spacial score (nSPS) is 25.7. The molecule has 18 heavy (non-hydrogen) atoms. The number of amides is 2. The van der Waals surface area contributed by atoms with Crippen molar-refractivity contribution in [3.05, 3.63) is 0 Å². The number of carboxylic acid groups (broad SMARTS) is 1. The Bertz CT molecular complexity index is 302. The van der Waals surface area contributed by atoms with Crippen molar-refractivity contribution >= 4 is 12.0 Å². The number of ether oxygens (including phenoxy) is 1. The van der Waals surface area contributed by atoms with Crippen molar-refractivity contribution < 1.29 is 19.4 Å². The van der Waals surface area contributed by atoms with Crippen molar-refractivity contribution in [2.45, 2.75) is 51.3 Å². The first-order chi connectivity index (χ1) is 8.47. The Morgan fingerprint density at radius 2 is 2.06 bits per heavy atom. The lowest BCUT2D eigenvalue weighted by Crippen LogP contribution is -2.55. The number of methoxy groups -OCH3 is 1. The van der Waals surface area contributed by atoms with Crippen molar-refractivity contribution in [1.29, 1.82) is 0 Å². The zero-order valence-corrected chi connectivity index (χ0v) is 11.1. The SMILES string of the molecule is CCC(C)[C@H](NC(=O)NC1CC(OC)C1)C(=O)O. The Hall–Kier alpha value is -1.30. The van der Waals surface area contributed by atoms with Crippen molar-refractivity contribution in [3.63, 3.8) is 0 Å². The number of rotatable bonds is 6. The molecule has 0 spiro atoms. The summed E-state index contributed by atoms with van der Waals surface area (Å²) in [5.41, 5.74) is 0. The maximum absolute atomic E-state index is 11.7. The molecule has 2 atom stereocenters. The number of hydrogen-bond donors (Lipinski definition) is 3. The monoisotopic (exact) mass is 258 g/mol. The van der Waals surface area contributed by atoms with E-state index >= 15 is 0 Å². The average molecular weight is 258 g/mol. The summed E-state index contributed by atoms with van der Waals surface area (Å²) in [5, 5.41) is 14.3. The van der Waals surface area contributed by atoms with E-state index in [0.29, 0.717) is 6.42 Å². The van der Waals surface area contributed by atoms with Gasteiger partial charge in [0.2, 0.25) is 0 Å². The first-order valence-corrected chi connectivity index (χ1v) is 6.30. The molecule has 2 amide bonds. The van der Waals surface area contributed by atoms with Crippen LogP contribution in [-0.4, -0.2) is 42.4 Å². The van der Waals surface area contributed by atoms with E-state index < -0.39 is 18.0 Å². The Balaban J connectivity index is 2.36. The third kappa shape index (κ3) is 3.87. The standard InChI is InChI=1S/C12H22N2O4/c1-4-7(2)10(11(15)16)14-12(17)13-8-5-9(6-8)18-3/h7-10H,4-6H2,1-3H3,(H,15,16)(H2,13,14,17)/t7?,8?,9?,10-/m0/s1.